The van der Waals surface area contributed by atoms with Gasteiger partial charge >= 0.3 is 0 Å². The van der Waals surface area contributed by atoms with Gasteiger partial charge in [0.1, 0.15) is 10.6 Å². The van der Waals surface area contributed by atoms with Crippen molar-refractivity contribution < 1.29 is 17.7 Å². The molecule has 3 aromatic rings. The number of fused-ring (bicyclic) bond motifs is 1. The molecule has 4 rings (SSSR count). The van der Waals surface area contributed by atoms with E-state index < -0.39 is 10.0 Å². The second-order valence-electron chi connectivity index (χ2n) is 7.63. The van der Waals surface area contributed by atoms with Crippen LogP contribution in [0.4, 0.5) is 5.69 Å². The number of amides is 1. The molecule has 0 spiro atoms. The summed E-state index contributed by atoms with van der Waals surface area (Å²) in [5.74, 6) is -0.125. The summed E-state index contributed by atoms with van der Waals surface area (Å²) in [7, 11) is -1.86. The summed E-state index contributed by atoms with van der Waals surface area (Å²) in [6.07, 6.45) is 2.49. The van der Waals surface area contributed by atoms with Gasteiger partial charge in [-0.15, -0.1) is 0 Å². The van der Waals surface area contributed by atoms with Gasteiger partial charge in [-0.2, -0.15) is 9.40 Å². The SMILES string of the molecule is Cc1noc(C)c1S(=O)(=O)N1CCC(C(=O)Nc2cnc3c(c2)c(C)nn3C)CC1. The molecule has 1 aliphatic rings. The maximum atomic E-state index is 12.9. The Morgan fingerprint density at radius 2 is 1.90 bits per heavy atom. The molecule has 30 heavy (non-hydrogen) atoms. The van der Waals surface area contributed by atoms with E-state index in [1.807, 2.05) is 20.0 Å². The number of nitrogens with zero attached hydrogens (tertiary/aromatic N) is 5. The third-order valence-electron chi connectivity index (χ3n) is 5.52. The minimum Gasteiger partial charge on any atom is -0.360 e. The van der Waals surface area contributed by atoms with E-state index in [-0.39, 0.29) is 35.6 Å². The first-order valence-electron chi connectivity index (χ1n) is 9.71. The normalized spacial score (nSPS) is 16.3. The van der Waals surface area contributed by atoms with Gasteiger partial charge in [0.15, 0.2) is 11.4 Å². The highest BCUT2D eigenvalue weighted by atomic mass is 32.2. The summed E-state index contributed by atoms with van der Waals surface area (Å²) in [6.45, 7) is 5.62. The van der Waals surface area contributed by atoms with Gasteiger partial charge in [0.05, 0.1) is 17.6 Å². The van der Waals surface area contributed by atoms with Crippen LogP contribution in [-0.2, 0) is 21.9 Å². The highest BCUT2D eigenvalue weighted by Crippen LogP contribution is 2.28. The van der Waals surface area contributed by atoms with E-state index in [2.05, 4.69) is 20.6 Å². The number of nitrogens with one attached hydrogen (secondary N) is 1. The summed E-state index contributed by atoms with van der Waals surface area (Å²) in [5, 5.41) is 11.9. The van der Waals surface area contributed by atoms with Crippen LogP contribution in [0.2, 0.25) is 0 Å². The Labute approximate surface area is 174 Å². The number of piperidine rings is 1. The zero-order valence-corrected chi connectivity index (χ0v) is 18.2. The monoisotopic (exact) mass is 432 g/mol. The third-order valence-corrected chi connectivity index (χ3v) is 7.66. The maximum Gasteiger partial charge on any atom is 0.248 e. The Kier molecular flexibility index (Phi) is 5.10. The van der Waals surface area contributed by atoms with E-state index in [1.54, 1.807) is 24.7 Å². The van der Waals surface area contributed by atoms with Gasteiger partial charge in [0.2, 0.25) is 15.9 Å². The Hall–Kier alpha value is -2.79. The Bertz CT molecular complexity index is 1200. The molecule has 0 saturated carbocycles. The van der Waals surface area contributed by atoms with Crippen molar-refractivity contribution in [2.75, 3.05) is 18.4 Å². The van der Waals surface area contributed by atoms with Crippen molar-refractivity contribution in [1.82, 2.24) is 24.2 Å². The van der Waals surface area contributed by atoms with Crippen LogP contribution in [0.25, 0.3) is 11.0 Å². The lowest BCUT2D eigenvalue weighted by molar-refractivity contribution is -0.120. The number of anilines is 1. The molecule has 11 heteroatoms. The van der Waals surface area contributed by atoms with E-state index in [9.17, 15) is 13.2 Å². The second-order valence-corrected chi connectivity index (χ2v) is 9.50. The summed E-state index contributed by atoms with van der Waals surface area (Å²) in [6, 6.07) is 1.86. The fraction of sp³-hybridized carbons (Fsp3) is 0.474. The van der Waals surface area contributed by atoms with Crippen LogP contribution in [0.5, 0.6) is 0 Å². The van der Waals surface area contributed by atoms with Gasteiger partial charge < -0.3 is 9.84 Å². The highest BCUT2D eigenvalue weighted by molar-refractivity contribution is 7.89. The first-order valence-corrected chi connectivity index (χ1v) is 11.2. The number of hydrogen-bond acceptors (Lipinski definition) is 7. The number of rotatable bonds is 4. The lowest BCUT2D eigenvalue weighted by atomic mass is 9.97. The number of aromatic nitrogens is 4. The molecule has 3 aromatic heterocycles. The molecule has 1 saturated heterocycles. The zero-order chi connectivity index (χ0) is 21.6. The number of carbonyl (C=O) groups is 1. The van der Waals surface area contributed by atoms with E-state index in [0.717, 1.165) is 16.7 Å². The molecule has 1 aliphatic heterocycles. The highest BCUT2D eigenvalue weighted by Gasteiger charge is 2.35. The topological polar surface area (TPSA) is 123 Å². The molecule has 0 atom stereocenters. The van der Waals surface area contributed by atoms with Gasteiger partial charge in [-0.05, 0) is 39.7 Å². The standard InChI is InChI=1S/C19H24N6O4S/c1-11-16-9-15(10-20-18(16)24(4)22-11)21-19(26)14-5-7-25(8-6-14)30(27,28)17-12(2)23-29-13(17)3/h9-10,14H,5-8H2,1-4H3,(H,21,26). The zero-order valence-electron chi connectivity index (χ0n) is 17.3. The minimum atomic E-state index is -3.69. The molecule has 1 N–H and O–H groups in total. The Morgan fingerprint density at radius 3 is 2.53 bits per heavy atom. The quantitative estimate of drug-likeness (QED) is 0.668. The van der Waals surface area contributed by atoms with Crippen LogP contribution in [0.1, 0.15) is 30.0 Å². The van der Waals surface area contributed by atoms with Gasteiger partial charge in [0.25, 0.3) is 0 Å². The van der Waals surface area contributed by atoms with Gasteiger partial charge in [0, 0.05) is 31.4 Å². The molecule has 1 fully saturated rings. The molecule has 0 unspecified atom stereocenters. The van der Waals surface area contributed by atoms with E-state index in [0.29, 0.717) is 24.2 Å². The number of hydrogen-bond donors (Lipinski definition) is 1. The predicted octanol–water partition coefficient (Wildman–Crippen LogP) is 1.92. The summed E-state index contributed by atoms with van der Waals surface area (Å²) >= 11 is 0. The van der Waals surface area contributed by atoms with Gasteiger partial charge in [-0.3, -0.25) is 9.48 Å². The van der Waals surface area contributed by atoms with Crippen LogP contribution in [0, 0.1) is 26.7 Å². The van der Waals surface area contributed by atoms with Crippen molar-refractivity contribution in [3.05, 3.63) is 29.4 Å². The first-order chi connectivity index (χ1) is 14.2. The Balaban J connectivity index is 1.43. The smallest absolute Gasteiger partial charge is 0.248 e. The molecule has 0 aromatic carbocycles. The van der Waals surface area contributed by atoms with Crippen molar-refractivity contribution in [3.8, 4) is 0 Å². The molecule has 4 heterocycles. The lowest BCUT2D eigenvalue weighted by Crippen LogP contribution is -2.41. The Morgan fingerprint density at radius 1 is 1.20 bits per heavy atom. The van der Waals surface area contributed by atoms with Gasteiger partial charge in [-0.25, -0.2) is 13.4 Å². The molecular weight excluding hydrogens is 408 g/mol. The molecule has 160 valence electrons. The molecule has 1 amide bonds. The van der Waals surface area contributed by atoms with E-state index in [4.69, 9.17) is 4.52 Å². The summed E-state index contributed by atoms with van der Waals surface area (Å²) < 4.78 is 34.0. The molecule has 0 radical (unpaired) electrons. The molecular formula is C19H24N6O4S. The van der Waals surface area contributed by atoms with Crippen molar-refractivity contribution in [3.63, 3.8) is 0 Å². The van der Waals surface area contributed by atoms with Crippen LogP contribution >= 0.6 is 0 Å². The first kappa shape index (κ1) is 20.5. The second kappa shape index (κ2) is 7.47. The fourth-order valence-electron chi connectivity index (χ4n) is 3.95. The predicted molar refractivity (Wildman–Crippen MR) is 109 cm³/mol. The van der Waals surface area contributed by atoms with Crippen molar-refractivity contribution in [2.24, 2.45) is 13.0 Å². The molecule has 0 aliphatic carbocycles. The van der Waals surface area contributed by atoms with Crippen molar-refractivity contribution in [2.45, 2.75) is 38.5 Å². The summed E-state index contributed by atoms with van der Waals surface area (Å²) in [5.41, 5.74) is 2.55. The number of sulfonamides is 1. The largest absolute Gasteiger partial charge is 0.360 e. The third kappa shape index (κ3) is 3.47. The lowest BCUT2D eigenvalue weighted by Gasteiger charge is -2.30. The van der Waals surface area contributed by atoms with E-state index in [1.165, 1.54) is 4.31 Å². The number of aryl methyl sites for hydroxylation is 4. The minimum absolute atomic E-state index is 0.122. The van der Waals surface area contributed by atoms with E-state index >= 15 is 0 Å². The average Bonchev–Trinajstić information content (AvgIpc) is 3.20. The average molecular weight is 433 g/mol. The van der Waals surface area contributed by atoms with Crippen LogP contribution < -0.4 is 5.32 Å². The van der Waals surface area contributed by atoms with Crippen LogP contribution in [0.3, 0.4) is 0 Å². The van der Waals surface area contributed by atoms with Gasteiger partial charge in [-0.1, -0.05) is 5.16 Å². The van der Waals surface area contributed by atoms with Crippen LogP contribution in [0.15, 0.2) is 21.7 Å². The number of carbonyl (C=O) groups excluding carboxylic acids is 1. The molecule has 0 bridgehead atoms. The van der Waals surface area contributed by atoms with Crippen molar-refractivity contribution in [1.29, 1.82) is 0 Å². The van der Waals surface area contributed by atoms with Crippen LogP contribution in [-0.4, -0.2) is 51.6 Å². The maximum absolute atomic E-state index is 12.9. The molecule has 10 nitrogen and oxygen atoms in total. The van der Waals surface area contributed by atoms with Crippen molar-refractivity contribution >= 4 is 32.7 Å². The fourth-order valence-corrected chi connectivity index (χ4v) is 5.71. The number of pyridine rings is 1. The summed E-state index contributed by atoms with van der Waals surface area (Å²) in [4.78, 5) is 17.2.